The predicted octanol–water partition coefficient (Wildman–Crippen LogP) is 3.42. The van der Waals surface area contributed by atoms with Gasteiger partial charge in [-0.25, -0.2) is 4.98 Å². The van der Waals surface area contributed by atoms with E-state index in [0.29, 0.717) is 6.04 Å². The van der Waals surface area contributed by atoms with Gasteiger partial charge in [-0.05, 0) is 24.1 Å². The Morgan fingerprint density at radius 2 is 2.05 bits per heavy atom. The number of hydrogen-bond acceptors (Lipinski definition) is 3. The van der Waals surface area contributed by atoms with Gasteiger partial charge in [0.1, 0.15) is 0 Å². The van der Waals surface area contributed by atoms with E-state index in [0.717, 1.165) is 23.9 Å². The normalized spacial score (nSPS) is 12.5. The number of nitrogens with zero attached hydrogens (tertiary/aromatic N) is 1. The van der Waals surface area contributed by atoms with Gasteiger partial charge in [-0.1, -0.05) is 49.9 Å². The van der Waals surface area contributed by atoms with Gasteiger partial charge in [-0.2, -0.15) is 0 Å². The van der Waals surface area contributed by atoms with E-state index in [1.165, 1.54) is 11.1 Å². The highest BCUT2D eigenvalue weighted by atomic mass is 32.2. The molecule has 1 aromatic heterocycles. The predicted molar refractivity (Wildman–Crippen MR) is 81.5 cm³/mol. The van der Waals surface area contributed by atoms with Crippen LogP contribution in [0, 0.1) is 0 Å². The summed E-state index contributed by atoms with van der Waals surface area (Å²) in [7, 11) is 0. The van der Waals surface area contributed by atoms with Gasteiger partial charge in [0, 0.05) is 24.2 Å². The number of H-pyrrole nitrogens is 1. The number of aryl methyl sites for hydroxylation is 1. The van der Waals surface area contributed by atoms with Crippen molar-refractivity contribution in [2.24, 2.45) is 0 Å². The first-order valence-corrected chi connectivity index (χ1v) is 7.76. The highest BCUT2D eigenvalue weighted by Gasteiger charge is 2.11. The summed E-state index contributed by atoms with van der Waals surface area (Å²) >= 11 is 1.75. The van der Waals surface area contributed by atoms with Gasteiger partial charge in [-0.3, -0.25) is 0 Å². The smallest absolute Gasteiger partial charge is 0.165 e. The van der Waals surface area contributed by atoms with E-state index in [-0.39, 0.29) is 0 Å². The molecule has 2 N–H and O–H groups in total. The molecule has 2 rings (SSSR count). The highest BCUT2D eigenvalue weighted by molar-refractivity contribution is 7.99. The molecule has 0 bridgehead atoms. The fraction of sp³-hybridized carbons (Fsp3) is 0.400. The van der Waals surface area contributed by atoms with Gasteiger partial charge in [0.25, 0.3) is 0 Å². The molecule has 0 saturated carbocycles. The molecule has 0 saturated heterocycles. The third-order valence-electron chi connectivity index (χ3n) is 3.10. The first kappa shape index (κ1) is 14.2. The summed E-state index contributed by atoms with van der Waals surface area (Å²) in [5, 5.41) is 4.52. The zero-order valence-corrected chi connectivity index (χ0v) is 12.3. The van der Waals surface area contributed by atoms with E-state index in [9.17, 15) is 0 Å². The zero-order chi connectivity index (χ0) is 13.5. The van der Waals surface area contributed by atoms with Crippen LogP contribution in [0.5, 0.6) is 0 Å². The van der Waals surface area contributed by atoms with Crippen molar-refractivity contribution >= 4 is 11.8 Å². The Bertz CT molecular complexity index is 465. The standard InChI is InChI=1S/C15H21N3S/c1-3-12-5-7-13(8-6-12)14(16-4-2)11-19-15-17-9-10-18-15/h5-10,14,16H,3-4,11H2,1-2H3,(H,17,18). The van der Waals surface area contributed by atoms with Crippen molar-refractivity contribution in [3.8, 4) is 0 Å². The van der Waals surface area contributed by atoms with Crippen molar-refractivity contribution in [1.82, 2.24) is 15.3 Å². The number of imidazole rings is 1. The summed E-state index contributed by atoms with van der Waals surface area (Å²) in [5.74, 6) is 0.979. The molecule has 1 heterocycles. The minimum Gasteiger partial charge on any atom is -0.340 e. The SMILES string of the molecule is CCNC(CSc1ncc[nH]1)c1ccc(CC)cc1. The maximum atomic E-state index is 4.25. The first-order chi connectivity index (χ1) is 9.33. The fourth-order valence-electron chi connectivity index (χ4n) is 2.00. The van der Waals surface area contributed by atoms with Crippen molar-refractivity contribution in [3.05, 3.63) is 47.8 Å². The average Bonchev–Trinajstić information content (AvgIpc) is 2.97. The molecule has 0 spiro atoms. The number of nitrogens with one attached hydrogen (secondary N) is 2. The van der Waals surface area contributed by atoms with Gasteiger partial charge >= 0.3 is 0 Å². The van der Waals surface area contributed by atoms with Crippen LogP contribution in [0.15, 0.2) is 41.8 Å². The Hall–Kier alpha value is -1.26. The van der Waals surface area contributed by atoms with Crippen LogP contribution in [-0.2, 0) is 6.42 Å². The van der Waals surface area contributed by atoms with Gasteiger partial charge in [-0.15, -0.1) is 0 Å². The molecule has 19 heavy (non-hydrogen) atoms. The van der Waals surface area contributed by atoms with Gasteiger partial charge in [0.2, 0.25) is 0 Å². The lowest BCUT2D eigenvalue weighted by Gasteiger charge is -2.17. The summed E-state index contributed by atoms with van der Waals surface area (Å²) in [4.78, 5) is 7.38. The van der Waals surface area contributed by atoms with E-state index in [1.807, 2.05) is 6.20 Å². The van der Waals surface area contributed by atoms with Crippen LogP contribution in [0.3, 0.4) is 0 Å². The largest absolute Gasteiger partial charge is 0.340 e. The Morgan fingerprint density at radius 3 is 2.63 bits per heavy atom. The van der Waals surface area contributed by atoms with Gasteiger partial charge in [0.05, 0.1) is 0 Å². The van der Waals surface area contributed by atoms with Crippen molar-refractivity contribution in [2.45, 2.75) is 31.5 Å². The molecule has 1 unspecified atom stereocenters. The molecule has 0 aliphatic carbocycles. The van der Waals surface area contributed by atoms with Crippen LogP contribution < -0.4 is 5.32 Å². The lowest BCUT2D eigenvalue weighted by molar-refractivity contribution is 0.605. The monoisotopic (exact) mass is 275 g/mol. The van der Waals surface area contributed by atoms with Crippen LogP contribution in [-0.4, -0.2) is 22.3 Å². The second-order valence-electron chi connectivity index (χ2n) is 4.41. The fourth-order valence-corrected chi connectivity index (χ4v) is 2.92. The van der Waals surface area contributed by atoms with Gasteiger partial charge < -0.3 is 10.3 Å². The summed E-state index contributed by atoms with van der Waals surface area (Å²) < 4.78 is 0. The molecule has 0 aliphatic heterocycles. The topological polar surface area (TPSA) is 40.7 Å². The van der Waals surface area contributed by atoms with Crippen molar-refractivity contribution in [1.29, 1.82) is 0 Å². The molecule has 0 aliphatic rings. The van der Waals surface area contributed by atoms with Crippen LogP contribution in [0.2, 0.25) is 0 Å². The summed E-state index contributed by atoms with van der Waals surface area (Å²) in [6.45, 7) is 5.30. The number of thioether (sulfide) groups is 1. The number of benzene rings is 1. The van der Waals surface area contributed by atoms with Crippen LogP contribution >= 0.6 is 11.8 Å². The van der Waals surface area contributed by atoms with E-state index in [4.69, 9.17) is 0 Å². The maximum Gasteiger partial charge on any atom is 0.165 e. The molecule has 102 valence electrons. The van der Waals surface area contributed by atoms with Crippen LogP contribution in [0.4, 0.5) is 0 Å². The molecule has 1 aromatic carbocycles. The Labute approximate surface area is 119 Å². The third-order valence-corrected chi connectivity index (χ3v) is 4.10. The minimum atomic E-state index is 0.367. The Morgan fingerprint density at radius 1 is 1.26 bits per heavy atom. The quantitative estimate of drug-likeness (QED) is 0.761. The maximum absolute atomic E-state index is 4.25. The lowest BCUT2D eigenvalue weighted by atomic mass is 10.1. The number of rotatable bonds is 7. The molecule has 0 amide bonds. The van der Waals surface area contributed by atoms with Crippen molar-refractivity contribution in [2.75, 3.05) is 12.3 Å². The molecule has 0 fully saturated rings. The van der Waals surface area contributed by atoms with E-state index in [2.05, 4.69) is 53.4 Å². The minimum absolute atomic E-state index is 0.367. The highest BCUT2D eigenvalue weighted by Crippen LogP contribution is 2.22. The van der Waals surface area contributed by atoms with Crippen LogP contribution in [0.25, 0.3) is 0 Å². The van der Waals surface area contributed by atoms with E-state index in [1.54, 1.807) is 18.0 Å². The second kappa shape index (κ2) is 7.36. The second-order valence-corrected chi connectivity index (χ2v) is 5.42. The average molecular weight is 275 g/mol. The third kappa shape index (κ3) is 4.11. The molecule has 4 heteroatoms. The first-order valence-electron chi connectivity index (χ1n) is 6.77. The molecule has 0 radical (unpaired) electrons. The molecule has 2 aromatic rings. The molecule has 1 atom stereocenters. The Balaban J connectivity index is 2.01. The zero-order valence-electron chi connectivity index (χ0n) is 11.5. The summed E-state index contributed by atoms with van der Waals surface area (Å²) in [5.41, 5.74) is 2.73. The van der Waals surface area contributed by atoms with E-state index >= 15 is 0 Å². The number of hydrogen-bond donors (Lipinski definition) is 2. The molecular weight excluding hydrogens is 254 g/mol. The number of aromatic amines is 1. The van der Waals surface area contributed by atoms with Gasteiger partial charge in [0.15, 0.2) is 5.16 Å². The lowest BCUT2D eigenvalue weighted by Crippen LogP contribution is -2.23. The Kier molecular flexibility index (Phi) is 5.48. The summed E-state index contributed by atoms with van der Waals surface area (Å²) in [6.07, 6.45) is 4.74. The molecular formula is C15H21N3S. The van der Waals surface area contributed by atoms with E-state index < -0.39 is 0 Å². The van der Waals surface area contributed by atoms with Crippen molar-refractivity contribution in [3.63, 3.8) is 0 Å². The number of aromatic nitrogens is 2. The van der Waals surface area contributed by atoms with Crippen molar-refractivity contribution < 1.29 is 0 Å². The van der Waals surface area contributed by atoms with Crippen LogP contribution in [0.1, 0.15) is 31.0 Å². The molecule has 3 nitrogen and oxygen atoms in total. The summed E-state index contributed by atoms with van der Waals surface area (Å²) in [6, 6.07) is 9.27.